The summed E-state index contributed by atoms with van der Waals surface area (Å²) in [5.74, 6) is -0.646. The molecule has 0 N–H and O–H groups in total. The Morgan fingerprint density at radius 3 is 0.961 bits per heavy atom. The van der Waals surface area contributed by atoms with Crippen molar-refractivity contribution < 1.29 is 8.78 Å². The molecule has 12 aromatic carbocycles. The highest BCUT2D eigenvalue weighted by atomic mass is 19.1. The molecule has 0 aliphatic heterocycles. The van der Waals surface area contributed by atoms with E-state index < -0.39 is 0 Å². The van der Waals surface area contributed by atoms with Crippen molar-refractivity contribution in [1.82, 2.24) is 0 Å². The molecule has 0 aliphatic carbocycles. The summed E-state index contributed by atoms with van der Waals surface area (Å²) in [4.78, 5) is 4.31. The van der Waals surface area contributed by atoms with Crippen LogP contribution < -0.4 is 9.80 Å². The van der Waals surface area contributed by atoms with E-state index in [1.54, 1.807) is 12.1 Å². The SMILES string of the molecule is Cc1ccc(N(c2c(F)cc(-c3ccccc3C)cc2-c2ccccc2C)c2ccc3ccc4c(N(c5ccc(C)cc5C)c5c(F)cc(-c6ccccc6C)cc5-c5ccccc5C)ccc5ccc2c3c54)c(C)c1. The number of anilines is 6. The lowest BCUT2D eigenvalue weighted by Gasteiger charge is -2.33. The van der Waals surface area contributed by atoms with E-state index in [-0.39, 0.29) is 11.6 Å². The van der Waals surface area contributed by atoms with Crippen molar-refractivity contribution in [3.05, 3.63) is 262 Å². The van der Waals surface area contributed by atoms with Crippen LogP contribution in [0.2, 0.25) is 0 Å². The van der Waals surface area contributed by atoms with E-state index in [2.05, 4.69) is 211 Å². The Hall–Kier alpha value is -8.86. The molecule has 0 saturated heterocycles. The molecule has 0 unspecified atom stereocenters. The van der Waals surface area contributed by atoms with Crippen molar-refractivity contribution in [3.8, 4) is 44.5 Å². The third-order valence-corrected chi connectivity index (χ3v) is 15.6. The van der Waals surface area contributed by atoms with Crippen LogP contribution in [0.5, 0.6) is 0 Å². The maximum Gasteiger partial charge on any atom is 0.148 e. The highest BCUT2D eigenvalue weighted by molar-refractivity contribution is 6.28. The zero-order chi connectivity index (χ0) is 52.5. The van der Waals surface area contributed by atoms with Crippen LogP contribution in [-0.2, 0) is 0 Å². The molecule has 0 spiro atoms. The van der Waals surface area contributed by atoms with Crippen LogP contribution in [0.4, 0.5) is 42.9 Å². The summed E-state index contributed by atoms with van der Waals surface area (Å²) in [6.07, 6.45) is 0. The van der Waals surface area contributed by atoms with Gasteiger partial charge < -0.3 is 9.80 Å². The predicted molar refractivity (Wildman–Crippen MR) is 319 cm³/mol. The van der Waals surface area contributed by atoms with Crippen molar-refractivity contribution in [3.63, 3.8) is 0 Å². The highest BCUT2D eigenvalue weighted by Crippen LogP contribution is 2.53. The first-order chi connectivity index (χ1) is 36.8. The second-order valence-electron chi connectivity index (χ2n) is 20.8. The number of benzene rings is 12. The Balaban J connectivity index is 1.16. The van der Waals surface area contributed by atoms with Crippen LogP contribution in [-0.4, -0.2) is 0 Å². The van der Waals surface area contributed by atoms with Crippen LogP contribution in [0.15, 0.2) is 206 Å². The third-order valence-electron chi connectivity index (χ3n) is 15.6. The van der Waals surface area contributed by atoms with Gasteiger partial charge in [0.25, 0.3) is 0 Å². The van der Waals surface area contributed by atoms with E-state index in [4.69, 9.17) is 0 Å². The van der Waals surface area contributed by atoms with Gasteiger partial charge in [0.2, 0.25) is 0 Å². The lowest BCUT2D eigenvalue weighted by atomic mass is 9.89. The van der Waals surface area contributed by atoms with Gasteiger partial charge in [0.15, 0.2) is 0 Å². The summed E-state index contributed by atoms with van der Waals surface area (Å²) < 4.78 is 36.3. The normalized spacial score (nSPS) is 11.6. The van der Waals surface area contributed by atoms with Gasteiger partial charge in [-0.1, -0.05) is 169 Å². The first-order valence-electron chi connectivity index (χ1n) is 26.2. The minimum Gasteiger partial charge on any atom is -0.306 e. The van der Waals surface area contributed by atoms with Gasteiger partial charge in [0, 0.05) is 33.3 Å². The van der Waals surface area contributed by atoms with Gasteiger partial charge in [-0.15, -0.1) is 0 Å². The Labute approximate surface area is 445 Å². The van der Waals surface area contributed by atoms with Gasteiger partial charge in [-0.25, -0.2) is 8.78 Å². The summed E-state index contributed by atoms with van der Waals surface area (Å²) in [6, 6.07) is 71.0. The molecule has 12 rings (SSSR count). The molecule has 0 amide bonds. The fourth-order valence-electron chi connectivity index (χ4n) is 11.9. The van der Waals surface area contributed by atoms with E-state index in [0.29, 0.717) is 11.4 Å². The van der Waals surface area contributed by atoms with Gasteiger partial charge in [0.05, 0.1) is 22.7 Å². The number of hydrogen-bond acceptors (Lipinski definition) is 2. The smallest absolute Gasteiger partial charge is 0.148 e. The van der Waals surface area contributed by atoms with Gasteiger partial charge in [0.1, 0.15) is 11.6 Å². The summed E-state index contributed by atoms with van der Waals surface area (Å²) in [5, 5.41) is 6.15. The standard InChI is InChI=1S/C72H58F2N2/c1-43-25-33-65(49(7)37-43)75(71-61(57-23-15-11-19-47(57)5)39-53(41-63(71)73)55-21-13-9-17-45(55)3)67-35-29-51-28-32-60-68(36-30-52-27-31-59(67)69(51)70(52)60)76(66-34-26-44(2)38-50(66)8)72-62(58-24-16-12-20-48(58)6)40-54(42-64(72)74)56-22-14-10-18-46(56)4/h9-42H,1-8H3. The third kappa shape index (κ3) is 8.17. The van der Waals surface area contributed by atoms with Crippen molar-refractivity contribution in [2.45, 2.75) is 55.4 Å². The molecule has 76 heavy (non-hydrogen) atoms. The maximum atomic E-state index is 18.2. The minimum atomic E-state index is -0.323. The molecule has 370 valence electrons. The zero-order valence-corrected chi connectivity index (χ0v) is 44.3. The lowest BCUT2D eigenvalue weighted by Crippen LogP contribution is -2.16. The van der Waals surface area contributed by atoms with Gasteiger partial charge >= 0.3 is 0 Å². The van der Waals surface area contributed by atoms with Crippen LogP contribution in [0.3, 0.4) is 0 Å². The Morgan fingerprint density at radius 1 is 0.276 bits per heavy atom. The zero-order valence-electron chi connectivity index (χ0n) is 44.3. The summed E-state index contributed by atoms with van der Waals surface area (Å²) >= 11 is 0. The predicted octanol–water partition coefficient (Wildman–Crippen LogP) is 20.9. The second-order valence-corrected chi connectivity index (χ2v) is 20.8. The number of hydrogen-bond donors (Lipinski definition) is 0. The quantitative estimate of drug-likeness (QED) is 0.126. The number of rotatable bonds is 10. The van der Waals surface area contributed by atoms with Crippen molar-refractivity contribution in [2.75, 3.05) is 9.80 Å². The molecule has 0 aliphatic rings. The molecule has 0 heterocycles. The molecule has 12 aromatic rings. The van der Waals surface area contributed by atoms with E-state index in [9.17, 15) is 0 Å². The number of nitrogens with zero attached hydrogens (tertiary/aromatic N) is 2. The van der Waals surface area contributed by atoms with Crippen molar-refractivity contribution >= 4 is 66.4 Å². The topological polar surface area (TPSA) is 6.48 Å². The lowest BCUT2D eigenvalue weighted by molar-refractivity contribution is 0.629. The molecule has 0 atom stereocenters. The van der Waals surface area contributed by atoms with Gasteiger partial charge in [-0.05, 0) is 192 Å². The number of halogens is 2. The fourth-order valence-corrected chi connectivity index (χ4v) is 11.9. The molecule has 2 nitrogen and oxygen atoms in total. The van der Waals surface area contributed by atoms with Crippen LogP contribution in [0, 0.1) is 67.0 Å². The van der Waals surface area contributed by atoms with E-state index >= 15 is 8.78 Å². The van der Waals surface area contributed by atoms with E-state index in [1.165, 1.54) is 0 Å². The molecule has 4 heteroatoms. The monoisotopic (exact) mass is 988 g/mol. The molecule has 0 fully saturated rings. The Kier molecular flexibility index (Phi) is 12.1. The fraction of sp³-hybridized carbons (Fsp3) is 0.111. The van der Waals surface area contributed by atoms with E-state index in [0.717, 1.165) is 144 Å². The second kappa shape index (κ2) is 19.1. The molecule has 0 aromatic heterocycles. The van der Waals surface area contributed by atoms with E-state index in [1.807, 2.05) is 48.5 Å². The van der Waals surface area contributed by atoms with Crippen LogP contribution in [0.1, 0.15) is 44.5 Å². The molecular weight excluding hydrogens is 931 g/mol. The van der Waals surface area contributed by atoms with Crippen LogP contribution >= 0.6 is 0 Å². The van der Waals surface area contributed by atoms with Crippen molar-refractivity contribution in [1.29, 1.82) is 0 Å². The molecule has 0 bridgehead atoms. The van der Waals surface area contributed by atoms with Crippen molar-refractivity contribution in [2.24, 2.45) is 0 Å². The van der Waals surface area contributed by atoms with Gasteiger partial charge in [-0.3, -0.25) is 0 Å². The summed E-state index contributed by atoms with van der Waals surface area (Å²) in [5.41, 5.74) is 20.1. The maximum absolute atomic E-state index is 18.2. The average Bonchev–Trinajstić information content (AvgIpc) is 3.51. The molecular formula is C72H58F2N2. The Morgan fingerprint density at radius 2 is 0.605 bits per heavy atom. The first kappa shape index (κ1) is 48.1. The molecule has 0 saturated carbocycles. The Bertz CT molecular complexity index is 3990. The van der Waals surface area contributed by atoms with Gasteiger partial charge in [-0.2, -0.15) is 0 Å². The molecule has 0 radical (unpaired) electrons. The largest absolute Gasteiger partial charge is 0.306 e. The highest BCUT2D eigenvalue weighted by Gasteiger charge is 2.30. The summed E-state index contributed by atoms with van der Waals surface area (Å²) in [7, 11) is 0. The first-order valence-corrected chi connectivity index (χ1v) is 26.2. The average molecular weight is 989 g/mol. The number of aryl methyl sites for hydroxylation is 8. The van der Waals surface area contributed by atoms with Crippen LogP contribution in [0.25, 0.3) is 76.8 Å². The summed E-state index contributed by atoms with van der Waals surface area (Å²) in [6.45, 7) is 16.8. The minimum absolute atomic E-state index is 0.323.